The number of carbonyl (C=O) groups excluding carboxylic acids is 1. The fourth-order valence-electron chi connectivity index (χ4n) is 2.23. The maximum absolute atomic E-state index is 11.5. The van der Waals surface area contributed by atoms with Gasteiger partial charge in [-0.05, 0) is 59.3 Å². The zero-order valence-corrected chi connectivity index (χ0v) is 19.0. The van der Waals surface area contributed by atoms with E-state index >= 15 is 0 Å². The number of hydrazone groups is 1. The molecule has 2 aromatic rings. The van der Waals surface area contributed by atoms with Crippen LogP contribution in [0, 0.1) is 3.57 Å². The smallest absolute Gasteiger partial charge is 0.344 e. The number of nitrogens with one attached hydrogen (secondary N) is 1. The number of esters is 1. The molecule has 9 heteroatoms. The molecule has 28 heavy (non-hydrogen) atoms. The third kappa shape index (κ3) is 6.42. The summed E-state index contributed by atoms with van der Waals surface area (Å²) in [6, 6.07) is 8.96. The molecule has 0 unspecified atom stereocenters. The van der Waals surface area contributed by atoms with Gasteiger partial charge in [0.05, 0.1) is 30.0 Å². The van der Waals surface area contributed by atoms with Gasteiger partial charge < -0.3 is 19.6 Å². The van der Waals surface area contributed by atoms with Gasteiger partial charge in [-0.3, -0.25) is 0 Å². The van der Waals surface area contributed by atoms with Crippen LogP contribution in [0.15, 0.2) is 35.4 Å². The molecular weight excluding hydrogens is 518 g/mol. The van der Waals surface area contributed by atoms with E-state index in [1.807, 2.05) is 6.07 Å². The molecule has 6 nitrogen and oxygen atoms in total. The molecule has 0 atom stereocenters. The van der Waals surface area contributed by atoms with E-state index in [0.29, 0.717) is 34.7 Å². The minimum Gasteiger partial charge on any atom is -0.493 e. The minimum absolute atomic E-state index is 0.187. The highest BCUT2D eigenvalue weighted by molar-refractivity contribution is 14.1. The van der Waals surface area contributed by atoms with Crippen molar-refractivity contribution in [2.45, 2.75) is 13.5 Å². The number of carbonyl (C=O) groups is 1. The van der Waals surface area contributed by atoms with Crippen LogP contribution < -0.4 is 14.9 Å². The van der Waals surface area contributed by atoms with Crippen LogP contribution in [0.2, 0.25) is 10.0 Å². The molecule has 0 radical (unpaired) electrons. The summed E-state index contributed by atoms with van der Waals surface area (Å²) in [4.78, 5) is 11.5. The zero-order valence-electron chi connectivity index (χ0n) is 15.3. The normalized spacial score (nSPS) is 10.8. The molecule has 2 rings (SSSR count). The number of benzene rings is 2. The van der Waals surface area contributed by atoms with E-state index in [2.05, 4.69) is 33.1 Å². The van der Waals surface area contributed by atoms with Crippen LogP contribution in [-0.4, -0.2) is 32.5 Å². The summed E-state index contributed by atoms with van der Waals surface area (Å²) in [5.74, 6) is 0.532. The molecule has 2 aromatic carbocycles. The Labute approximate surface area is 187 Å². The summed E-state index contributed by atoms with van der Waals surface area (Å²) >= 11 is 14.4. The molecule has 1 N–H and O–H groups in total. The van der Waals surface area contributed by atoms with Gasteiger partial charge in [-0.1, -0.05) is 29.3 Å². The highest BCUT2D eigenvalue weighted by Crippen LogP contribution is 2.33. The second-order valence-corrected chi connectivity index (χ2v) is 7.40. The lowest BCUT2D eigenvalue weighted by molar-refractivity contribution is -0.145. The molecular formula is C19H19Cl2IN2O4. The number of hydrogen-bond donors (Lipinski definition) is 1. The second kappa shape index (κ2) is 11.3. The molecule has 0 aliphatic carbocycles. The standard InChI is InChI=1S/C19H19Cl2IN2O4/c1-3-27-18(25)11-28-19-16(22)7-12(8-17(19)26-2)9-23-24-10-13-14(20)5-4-6-15(13)21/h4-9,24H,3,10-11H2,1-2H3/b23-9+. The number of nitrogens with zero attached hydrogens (tertiary/aromatic N) is 1. The Morgan fingerprint density at radius 3 is 2.64 bits per heavy atom. The predicted octanol–water partition coefficient (Wildman–Crippen LogP) is 4.67. The second-order valence-electron chi connectivity index (χ2n) is 5.42. The first-order chi connectivity index (χ1) is 13.5. The van der Waals surface area contributed by atoms with Crippen LogP contribution in [0.1, 0.15) is 18.1 Å². The van der Waals surface area contributed by atoms with Crippen molar-refractivity contribution >= 4 is 58.0 Å². The van der Waals surface area contributed by atoms with E-state index in [0.717, 1.165) is 14.7 Å². The Hall–Kier alpha value is -1.71. The van der Waals surface area contributed by atoms with Gasteiger partial charge in [0.15, 0.2) is 18.1 Å². The van der Waals surface area contributed by atoms with Gasteiger partial charge in [-0.25, -0.2) is 4.79 Å². The van der Waals surface area contributed by atoms with Crippen molar-refractivity contribution in [1.82, 2.24) is 5.43 Å². The van der Waals surface area contributed by atoms with Gasteiger partial charge in [0.25, 0.3) is 0 Å². The van der Waals surface area contributed by atoms with Crippen molar-refractivity contribution < 1.29 is 19.0 Å². The summed E-state index contributed by atoms with van der Waals surface area (Å²) in [6.07, 6.45) is 1.64. The van der Waals surface area contributed by atoms with Gasteiger partial charge in [0, 0.05) is 15.6 Å². The van der Waals surface area contributed by atoms with Crippen LogP contribution in [0.25, 0.3) is 0 Å². The number of hydrogen-bond acceptors (Lipinski definition) is 6. The van der Waals surface area contributed by atoms with Gasteiger partial charge in [-0.15, -0.1) is 0 Å². The van der Waals surface area contributed by atoms with Crippen LogP contribution in [-0.2, 0) is 16.1 Å². The lowest BCUT2D eigenvalue weighted by atomic mass is 10.2. The number of methoxy groups -OCH3 is 1. The quantitative estimate of drug-likeness (QED) is 0.218. The van der Waals surface area contributed by atoms with Gasteiger partial charge in [-0.2, -0.15) is 5.10 Å². The summed E-state index contributed by atoms with van der Waals surface area (Å²) in [7, 11) is 1.53. The van der Waals surface area contributed by atoms with E-state index in [1.54, 1.807) is 37.4 Å². The molecule has 0 bridgehead atoms. The minimum atomic E-state index is -0.437. The van der Waals surface area contributed by atoms with Gasteiger partial charge in [0.2, 0.25) is 0 Å². The highest BCUT2D eigenvalue weighted by Gasteiger charge is 2.13. The monoisotopic (exact) mass is 536 g/mol. The van der Waals surface area contributed by atoms with Crippen molar-refractivity contribution in [2.24, 2.45) is 5.10 Å². The van der Waals surface area contributed by atoms with E-state index in [-0.39, 0.29) is 6.61 Å². The average Bonchev–Trinajstić information content (AvgIpc) is 2.66. The highest BCUT2D eigenvalue weighted by atomic mass is 127. The molecule has 0 fully saturated rings. The van der Waals surface area contributed by atoms with Gasteiger partial charge in [0.1, 0.15) is 0 Å². The molecule has 0 aliphatic rings. The zero-order chi connectivity index (χ0) is 20.5. The SMILES string of the molecule is CCOC(=O)COc1c(I)cc(/C=N/NCc2c(Cl)cccc2Cl)cc1OC. The van der Waals surface area contributed by atoms with E-state index in [4.69, 9.17) is 37.4 Å². The van der Waals surface area contributed by atoms with Crippen molar-refractivity contribution in [1.29, 1.82) is 0 Å². The molecule has 0 aromatic heterocycles. The topological polar surface area (TPSA) is 69.2 Å². The average molecular weight is 537 g/mol. The Morgan fingerprint density at radius 1 is 1.29 bits per heavy atom. The van der Waals surface area contributed by atoms with E-state index in [1.165, 1.54) is 7.11 Å². The lowest BCUT2D eigenvalue weighted by Gasteiger charge is -2.13. The summed E-state index contributed by atoms with van der Waals surface area (Å²) in [5, 5.41) is 5.35. The lowest BCUT2D eigenvalue weighted by Crippen LogP contribution is -2.15. The van der Waals surface area contributed by atoms with Gasteiger partial charge >= 0.3 is 5.97 Å². The number of ether oxygens (including phenoxy) is 3. The number of halogens is 3. The number of rotatable bonds is 9. The largest absolute Gasteiger partial charge is 0.493 e. The first-order valence-electron chi connectivity index (χ1n) is 8.31. The molecule has 0 saturated heterocycles. The maximum atomic E-state index is 11.5. The molecule has 0 heterocycles. The van der Waals surface area contributed by atoms with Crippen LogP contribution >= 0.6 is 45.8 Å². The molecule has 0 aliphatic heterocycles. The van der Waals surface area contributed by atoms with Crippen molar-refractivity contribution in [3.8, 4) is 11.5 Å². The molecule has 150 valence electrons. The maximum Gasteiger partial charge on any atom is 0.344 e. The summed E-state index contributed by atoms with van der Waals surface area (Å²) < 4.78 is 16.5. The first kappa shape index (κ1) is 22.6. The molecule has 0 amide bonds. The van der Waals surface area contributed by atoms with Crippen LogP contribution in [0.4, 0.5) is 0 Å². The summed E-state index contributed by atoms with van der Waals surface area (Å²) in [5.41, 5.74) is 4.49. The fraction of sp³-hybridized carbons (Fsp3) is 0.263. The Bertz CT molecular complexity index is 842. The Kier molecular flexibility index (Phi) is 9.14. The van der Waals surface area contributed by atoms with E-state index < -0.39 is 5.97 Å². The summed E-state index contributed by atoms with van der Waals surface area (Å²) in [6.45, 7) is 2.25. The van der Waals surface area contributed by atoms with E-state index in [9.17, 15) is 4.79 Å². The van der Waals surface area contributed by atoms with Crippen LogP contribution in [0.3, 0.4) is 0 Å². The van der Waals surface area contributed by atoms with Crippen LogP contribution in [0.5, 0.6) is 11.5 Å². The van der Waals surface area contributed by atoms with Crippen molar-refractivity contribution in [3.05, 3.63) is 55.1 Å². The van der Waals surface area contributed by atoms with Crippen molar-refractivity contribution in [2.75, 3.05) is 20.3 Å². The molecule has 0 saturated carbocycles. The molecule has 0 spiro atoms. The van der Waals surface area contributed by atoms with Crippen molar-refractivity contribution in [3.63, 3.8) is 0 Å². The third-order valence-electron chi connectivity index (χ3n) is 3.51. The third-order valence-corrected chi connectivity index (χ3v) is 5.02. The predicted molar refractivity (Wildman–Crippen MR) is 119 cm³/mol. The Balaban J connectivity index is 2.04. The Morgan fingerprint density at radius 2 is 2.00 bits per heavy atom. The fourth-order valence-corrected chi connectivity index (χ4v) is 3.55. The first-order valence-corrected chi connectivity index (χ1v) is 10.1.